The van der Waals surface area contributed by atoms with E-state index in [9.17, 15) is 0 Å². The molecule has 0 bridgehead atoms. The van der Waals surface area contributed by atoms with Gasteiger partial charge >= 0.3 is 0 Å². The zero-order valence-electron chi connectivity index (χ0n) is 15.4. The maximum Gasteiger partial charge on any atom is -0.0131 e. The molecule has 0 saturated carbocycles. The van der Waals surface area contributed by atoms with Crippen LogP contribution in [0.1, 0.15) is 37.5 Å². The molecule has 3 aromatic carbocycles. The standard InChI is InChI=1S/C24H26/c1-17-6-10-19(11-7-17)21-14-22(16-23(15-21)24(3,4)5)20-12-8-18(2)9-13-20/h6-16H,1-5H3. The van der Waals surface area contributed by atoms with Crippen molar-refractivity contribution in [1.29, 1.82) is 0 Å². The van der Waals surface area contributed by atoms with Crippen LogP contribution < -0.4 is 0 Å². The third kappa shape index (κ3) is 3.59. The van der Waals surface area contributed by atoms with Gasteiger partial charge in [-0.15, -0.1) is 0 Å². The smallest absolute Gasteiger partial charge is 0.0131 e. The summed E-state index contributed by atoms with van der Waals surface area (Å²) in [6, 6.07) is 24.6. The molecule has 0 amide bonds. The zero-order valence-corrected chi connectivity index (χ0v) is 15.4. The molecule has 0 aromatic heterocycles. The Morgan fingerprint density at radius 1 is 0.500 bits per heavy atom. The van der Waals surface area contributed by atoms with Gasteiger partial charge in [0.2, 0.25) is 0 Å². The van der Waals surface area contributed by atoms with Crippen molar-refractivity contribution in [2.24, 2.45) is 0 Å². The van der Waals surface area contributed by atoms with E-state index in [4.69, 9.17) is 0 Å². The van der Waals surface area contributed by atoms with Crippen molar-refractivity contribution in [3.8, 4) is 22.3 Å². The molecular weight excluding hydrogens is 288 g/mol. The predicted octanol–water partition coefficient (Wildman–Crippen LogP) is 6.93. The van der Waals surface area contributed by atoms with Crippen LogP contribution in [0.15, 0.2) is 66.7 Å². The molecule has 0 unspecified atom stereocenters. The summed E-state index contributed by atoms with van der Waals surface area (Å²) in [7, 11) is 0. The second-order valence-corrected chi connectivity index (χ2v) is 7.78. The van der Waals surface area contributed by atoms with Crippen molar-refractivity contribution < 1.29 is 0 Å². The quantitative estimate of drug-likeness (QED) is 0.481. The first kappa shape index (κ1) is 16.5. The third-order valence-electron chi connectivity index (χ3n) is 4.57. The van der Waals surface area contributed by atoms with Crippen molar-refractivity contribution in [3.05, 3.63) is 83.4 Å². The largest absolute Gasteiger partial charge is 0.0587 e. The summed E-state index contributed by atoms with van der Waals surface area (Å²) >= 11 is 0. The van der Waals surface area contributed by atoms with Crippen LogP contribution in [0.5, 0.6) is 0 Å². The second kappa shape index (κ2) is 6.28. The Morgan fingerprint density at radius 2 is 0.875 bits per heavy atom. The van der Waals surface area contributed by atoms with Crippen LogP contribution in [0.25, 0.3) is 22.3 Å². The molecular formula is C24H26. The fraction of sp³-hybridized carbons (Fsp3) is 0.250. The van der Waals surface area contributed by atoms with E-state index in [0.29, 0.717) is 0 Å². The lowest BCUT2D eigenvalue weighted by atomic mass is 9.83. The first-order valence-electron chi connectivity index (χ1n) is 8.62. The first-order chi connectivity index (χ1) is 11.3. The average molecular weight is 314 g/mol. The van der Waals surface area contributed by atoms with Gasteiger partial charge in [0.15, 0.2) is 0 Å². The highest BCUT2D eigenvalue weighted by molar-refractivity contribution is 5.74. The minimum Gasteiger partial charge on any atom is -0.0587 e. The molecule has 0 aliphatic carbocycles. The number of benzene rings is 3. The molecule has 24 heavy (non-hydrogen) atoms. The molecule has 0 fully saturated rings. The monoisotopic (exact) mass is 314 g/mol. The lowest BCUT2D eigenvalue weighted by Crippen LogP contribution is -2.11. The number of aryl methyl sites for hydroxylation is 2. The molecule has 3 aromatic rings. The van der Waals surface area contributed by atoms with Crippen LogP contribution in [0.3, 0.4) is 0 Å². The van der Waals surface area contributed by atoms with Crippen molar-refractivity contribution in [3.63, 3.8) is 0 Å². The zero-order chi connectivity index (χ0) is 17.3. The summed E-state index contributed by atoms with van der Waals surface area (Å²) < 4.78 is 0. The van der Waals surface area contributed by atoms with E-state index >= 15 is 0 Å². The molecule has 0 aliphatic heterocycles. The van der Waals surface area contributed by atoms with Gasteiger partial charge in [0.05, 0.1) is 0 Å². The van der Waals surface area contributed by atoms with E-state index in [0.717, 1.165) is 0 Å². The predicted molar refractivity (Wildman–Crippen MR) is 105 cm³/mol. The van der Waals surface area contributed by atoms with E-state index in [1.54, 1.807) is 0 Å². The third-order valence-corrected chi connectivity index (χ3v) is 4.57. The van der Waals surface area contributed by atoms with Crippen LogP contribution in [0.4, 0.5) is 0 Å². The van der Waals surface area contributed by atoms with Crippen molar-refractivity contribution in [1.82, 2.24) is 0 Å². The Kier molecular flexibility index (Phi) is 4.32. The van der Waals surface area contributed by atoms with Crippen molar-refractivity contribution >= 4 is 0 Å². The fourth-order valence-electron chi connectivity index (χ4n) is 2.89. The Labute approximate surface area is 146 Å². The molecule has 0 atom stereocenters. The van der Waals surface area contributed by atoms with Gasteiger partial charge in [0.1, 0.15) is 0 Å². The molecule has 0 radical (unpaired) electrons. The van der Waals surface area contributed by atoms with E-state index in [1.165, 1.54) is 38.9 Å². The topological polar surface area (TPSA) is 0 Å². The second-order valence-electron chi connectivity index (χ2n) is 7.78. The van der Waals surface area contributed by atoms with Gasteiger partial charge < -0.3 is 0 Å². The van der Waals surface area contributed by atoms with Crippen LogP contribution in [0, 0.1) is 13.8 Å². The van der Waals surface area contributed by atoms with Gasteiger partial charge in [-0.1, -0.05) is 92.6 Å². The average Bonchev–Trinajstić information content (AvgIpc) is 2.55. The van der Waals surface area contributed by atoms with Crippen molar-refractivity contribution in [2.75, 3.05) is 0 Å². The number of hydrogen-bond acceptors (Lipinski definition) is 0. The number of hydrogen-bond donors (Lipinski definition) is 0. The van der Waals surface area contributed by atoms with E-state index in [1.807, 2.05) is 0 Å². The van der Waals surface area contributed by atoms with E-state index in [-0.39, 0.29) is 5.41 Å². The van der Waals surface area contributed by atoms with Gasteiger partial charge in [0.25, 0.3) is 0 Å². The van der Waals surface area contributed by atoms with Gasteiger partial charge in [-0.2, -0.15) is 0 Å². The molecule has 0 saturated heterocycles. The minimum atomic E-state index is 0.125. The Balaban J connectivity index is 2.17. The molecule has 0 aliphatic rings. The SMILES string of the molecule is Cc1ccc(-c2cc(-c3ccc(C)cc3)cc(C(C)(C)C)c2)cc1. The Morgan fingerprint density at radius 3 is 1.21 bits per heavy atom. The highest BCUT2D eigenvalue weighted by Crippen LogP contribution is 2.33. The minimum absolute atomic E-state index is 0.125. The Bertz CT molecular complexity index is 765. The maximum atomic E-state index is 2.34. The summed E-state index contributed by atoms with van der Waals surface area (Å²) in [5, 5.41) is 0. The molecule has 3 rings (SSSR count). The lowest BCUT2D eigenvalue weighted by Gasteiger charge is -2.22. The van der Waals surface area contributed by atoms with Crippen molar-refractivity contribution in [2.45, 2.75) is 40.0 Å². The van der Waals surface area contributed by atoms with Crippen LogP contribution in [-0.4, -0.2) is 0 Å². The van der Waals surface area contributed by atoms with Gasteiger partial charge in [-0.05, 0) is 53.1 Å². The first-order valence-corrected chi connectivity index (χ1v) is 8.62. The highest BCUT2D eigenvalue weighted by Gasteiger charge is 2.16. The van der Waals surface area contributed by atoms with E-state index < -0.39 is 0 Å². The Hall–Kier alpha value is -2.34. The molecule has 0 heteroatoms. The molecule has 0 N–H and O–H groups in total. The summed E-state index contributed by atoms with van der Waals surface area (Å²) in [5.74, 6) is 0. The number of rotatable bonds is 2. The fourth-order valence-corrected chi connectivity index (χ4v) is 2.89. The van der Waals surface area contributed by atoms with Crippen LogP contribution >= 0.6 is 0 Å². The highest BCUT2D eigenvalue weighted by atomic mass is 14.2. The van der Waals surface area contributed by atoms with Gasteiger partial charge in [0, 0.05) is 0 Å². The maximum absolute atomic E-state index is 2.34. The van der Waals surface area contributed by atoms with Crippen LogP contribution in [0.2, 0.25) is 0 Å². The van der Waals surface area contributed by atoms with Gasteiger partial charge in [-0.3, -0.25) is 0 Å². The molecule has 122 valence electrons. The summed E-state index contributed by atoms with van der Waals surface area (Å²) in [6.07, 6.45) is 0. The lowest BCUT2D eigenvalue weighted by molar-refractivity contribution is 0.590. The summed E-state index contributed by atoms with van der Waals surface area (Å²) in [5.41, 5.74) is 9.22. The van der Waals surface area contributed by atoms with Gasteiger partial charge in [-0.25, -0.2) is 0 Å². The summed E-state index contributed by atoms with van der Waals surface area (Å²) in [4.78, 5) is 0. The molecule has 0 spiro atoms. The normalized spacial score (nSPS) is 11.5. The summed E-state index contributed by atoms with van der Waals surface area (Å²) in [6.45, 7) is 11.1. The van der Waals surface area contributed by atoms with Crippen LogP contribution in [-0.2, 0) is 5.41 Å². The molecule has 0 heterocycles. The molecule has 0 nitrogen and oxygen atoms in total. The van der Waals surface area contributed by atoms with E-state index in [2.05, 4.69) is 101 Å².